The van der Waals surface area contributed by atoms with Crippen molar-refractivity contribution < 1.29 is 33.4 Å². The number of carbonyl (C=O) groups is 5. The van der Waals surface area contributed by atoms with E-state index in [1.54, 1.807) is 0 Å². The molecule has 0 fully saturated rings. The van der Waals surface area contributed by atoms with E-state index in [1.165, 1.54) is 0 Å². The molecule has 4 aromatic carbocycles. The van der Waals surface area contributed by atoms with Gasteiger partial charge in [-0.05, 0) is 74.4 Å². The highest BCUT2D eigenvalue weighted by atomic mass is 16.5. The molecule has 2 aromatic heterocycles. The first-order chi connectivity index (χ1) is 30.7. The normalized spacial score (nSPS) is 15.3. The van der Waals surface area contributed by atoms with E-state index in [0.29, 0.717) is 41.7 Å². The van der Waals surface area contributed by atoms with Crippen LogP contribution in [0.15, 0.2) is 109 Å². The molecule has 13 nitrogen and oxygen atoms in total. The number of ether oxygens (including phenoxy) is 2. The summed E-state index contributed by atoms with van der Waals surface area (Å²) in [7, 11) is 1.90. The van der Waals surface area contributed by atoms with Gasteiger partial charge in [-0.2, -0.15) is 0 Å². The Morgan fingerprint density at radius 3 is 1.94 bits per heavy atom. The summed E-state index contributed by atoms with van der Waals surface area (Å²) in [4.78, 5) is 67.2. The average molecular weight is 863 g/mol. The Labute approximate surface area is 371 Å². The van der Waals surface area contributed by atoms with Gasteiger partial charge in [0.25, 0.3) is 11.8 Å². The fraction of sp³-hybridized carbons (Fsp3) is 0.314. The lowest BCUT2D eigenvalue weighted by molar-refractivity contribution is -0.126. The molecule has 330 valence electrons. The van der Waals surface area contributed by atoms with Gasteiger partial charge in [-0.15, -0.1) is 0 Å². The van der Waals surface area contributed by atoms with E-state index in [2.05, 4.69) is 22.8 Å². The number of para-hydroxylation sites is 2. The number of fused-ring (bicyclic) bond motifs is 5. The molecule has 0 bridgehead atoms. The number of nitrogens with one attached hydrogen (secondary N) is 2. The zero-order chi connectivity index (χ0) is 45.3. The average Bonchev–Trinajstić information content (AvgIpc) is 4.00. The third-order valence-electron chi connectivity index (χ3n) is 12.2. The van der Waals surface area contributed by atoms with Crippen LogP contribution in [-0.2, 0) is 42.2 Å². The number of alkyl carbamates (subject to hydrolysis) is 1. The van der Waals surface area contributed by atoms with E-state index in [9.17, 15) is 24.0 Å². The molecule has 0 radical (unpaired) electrons. The first-order valence-electron chi connectivity index (χ1n) is 21.8. The summed E-state index contributed by atoms with van der Waals surface area (Å²) in [6, 6.07) is 28.6. The van der Waals surface area contributed by atoms with Crippen molar-refractivity contribution in [1.29, 1.82) is 0 Å². The van der Waals surface area contributed by atoms with Gasteiger partial charge in [-0.25, -0.2) is 4.79 Å². The summed E-state index contributed by atoms with van der Waals surface area (Å²) in [6.45, 7) is 5.90. The Morgan fingerprint density at radius 1 is 0.734 bits per heavy atom. The molecule has 1 aliphatic carbocycles. The minimum absolute atomic E-state index is 0.0834. The Balaban J connectivity index is 0.883. The molecule has 0 saturated heterocycles. The smallest absolute Gasteiger partial charge is 0.407 e. The molecule has 8 rings (SSSR count). The highest BCUT2D eigenvalue weighted by Crippen LogP contribution is 2.44. The molecule has 2 aliphatic rings. The number of hydrogen-bond acceptors (Lipinski definition) is 9. The number of nitrogens with zero attached hydrogens (tertiary/aromatic N) is 2. The SMILES string of the molecule is Cn1cc(C2=C(c3cn(CCC(N)C(=O)CCCC(N)C(=O)[C@H](COC(C)(C)C)NC(=O)OCC4c5ccccc5-c5ccccc54)c4ccccc34)C(=O)NC2=O)c2ccccc21. The molecule has 0 spiro atoms. The second-order valence-electron chi connectivity index (χ2n) is 17.7. The van der Waals surface area contributed by atoms with Gasteiger partial charge in [-0.1, -0.05) is 84.9 Å². The van der Waals surface area contributed by atoms with Crippen molar-refractivity contribution in [1.82, 2.24) is 19.8 Å². The number of ketones is 2. The molecule has 6 N–H and O–H groups in total. The first-order valence-corrected chi connectivity index (χ1v) is 21.8. The summed E-state index contributed by atoms with van der Waals surface area (Å²) in [5.74, 6) is -1.68. The number of aromatic nitrogens is 2. The van der Waals surface area contributed by atoms with E-state index >= 15 is 0 Å². The van der Waals surface area contributed by atoms with Crippen LogP contribution < -0.4 is 22.1 Å². The maximum atomic E-state index is 13.7. The molecule has 1 aliphatic heterocycles. The lowest BCUT2D eigenvalue weighted by atomic mass is 9.95. The van der Waals surface area contributed by atoms with Gasteiger partial charge >= 0.3 is 6.09 Å². The minimum atomic E-state index is -1.07. The molecule has 3 heterocycles. The summed E-state index contributed by atoms with van der Waals surface area (Å²) >= 11 is 0. The highest BCUT2D eigenvalue weighted by Gasteiger charge is 2.36. The predicted octanol–water partition coefficient (Wildman–Crippen LogP) is 6.78. The predicted molar refractivity (Wildman–Crippen MR) is 247 cm³/mol. The van der Waals surface area contributed by atoms with E-state index in [-0.39, 0.29) is 37.8 Å². The Hall–Kier alpha value is -6.67. The fourth-order valence-electron chi connectivity index (χ4n) is 8.97. The maximum absolute atomic E-state index is 13.7. The standard InChI is InChI=1S/C51H54N6O7/c1-51(2,3)64-29-41(54-50(62)63-28-38-32-16-7-5-14-30(32)31-15-6-8-17-33(31)38)47(59)40(53)20-13-23-44(58)39(52)24-25-57-27-37(35-19-10-12-22-43(35)57)46-45(48(60)55-49(46)61)36-26-56(4)42-21-11-9-18-34(36)42/h5-12,14-19,21-22,26-27,38-41H,13,20,23-25,28-29,52-53H2,1-4H3,(H,54,62)(H,55,60,61)/t39?,40?,41-/m0/s1. The van der Waals surface area contributed by atoms with Crippen LogP contribution >= 0.6 is 0 Å². The van der Waals surface area contributed by atoms with E-state index < -0.39 is 47.4 Å². The Morgan fingerprint density at radius 2 is 1.30 bits per heavy atom. The van der Waals surface area contributed by atoms with Crippen molar-refractivity contribution in [3.05, 3.63) is 132 Å². The number of amides is 3. The van der Waals surface area contributed by atoms with E-state index in [4.69, 9.17) is 20.9 Å². The van der Waals surface area contributed by atoms with Gasteiger partial charge in [0.15, 0.2) is 5.78 Å². The van der Waals surface area contributed by atoms with Crippen molar-refractivity contribution in [3.63, 3.8) is 0 Å². The van der Waals surface area contributed by atoms with Crippen LogP contribution in [-0.4, -0.2) is 75.5 Å². The highest BCUT2D eigenvalue weighted by molar-refractivity contribution is 6.50. The van der Waals surface area contributed by atoms with E-state index in [0.717, 1.165) is 44.1 Å². The van der Waals surface area contributed by atoms with Gasteiger partial charge in [0.1, 0.15) is 18.4 Å². The zero-order valence-electron chi connectivity index (χ0n) is 36.6. The quantitative estimate of drug-likeness (QED) is 0.0717. The number of rotatable bonds is 17. The third kappa shape index (κ3) is 8.92. The lowest BCUT2D eigenvalue weighted by Gasteiger charge is -2.26. The molecule has 13 heteroatoms. The number of nitrogens with two attached hydrogens (primary N) is 2. The summed E-state index contributed by atoms with van der Waals surface area (Å²) in [6.07, 6.45) is 3.87. The first kappa shape index (κ1) is 44.0. The largest absolute Gasteiger partial charge is 0.449 e. The van der Waals surface area contributed by atoms with Crippen LogP contribution in [0.5, 0.6) is 0 Å². The van der Waals surface area contributed by atoms with Crippen LogP contribution in [0.4, 0.5) is 4.79 Å². The summed E-state index contributed by atoms with van der Waals surface area (Å²) < 4.78 is 15.5. The molecule has 64 heavy (non-hydrogen) atoms. The number of benzene rings is 4. The second kappa shape index (κ2) is 18.2. The van der Waals surface area contributed by atoms with Crippen LogP contribution in [0.1, 0.15) is 74.6 Å². The van der Waals surface area contributed by atoms with Crippen molar-refractivity contribution in [2.75, 3.05) is 13.2 Å². The summed E-state index contributed by atoms with van der Waals surface area (Å²) in [5, 5.41) is 6.86. The fourth-order valence-corrected chi connectivity index (χ4v) is 8.97. The molecule has 2 unspecified atom stereocenters. The van der Waals surface area contributed by atoms with Crippen LogP contribution in [0.2, 0.25) is 0 Å². The second-order valence-corrected chi connectivity index (χ2v) is 17.7. The maximum Gasteiger partial charge on any atom is 0.407 e. The minimum Gasteiger partial charge on any atom is -0.449 e. The van der Waals surface area contributed by atoms with Gasteiger partial charge in [0, 0.05) is 71.3 Å². The monoisotopic (exact) mass is 862 g/mol. The Bertz CT molecular complexity index is 2780. The molecular weight excluding hydrogens is 809 g/mol. The van der Waals surface area contributed by atoms with E-state index in [1.807, 2.05) is 134 Å². The van der Waals surface area contributed by atoms with Crippen LogP contribution in [0, 0.1) is 0 Å². The topological polar surface area (TPSA) is 190 Å². The van der Waals surface area contributed by atoms with Crippen molar-refractivity contribution >= 4 is 62.4 Å². The van der Waals surface area contributed by atoms with Gasteiger partial charge in [0.05, 0.1) is 35.4 Å². The van der Waals surface area contributed by atoms with Crippen molar-refractivity contribution in [3.8, 4) is 11.1 Å². The Kier molecular flexibility index (Phi) is 12.5. The van der Waals surface area contributed by atoms with Crippen LogP contribution in [0.3, 0.4) is 0 Å². The molecule has 6 aromatic rings. The lowest BCUT2D eigenvalue weighted by Crippen LogP contribution is -2.51. The molecular formula is C51H54N6O7. The number of Topliss-reactive ketones (excluding diaryl/α,β-unsaturated/α-hetero) is 2. The number of aryl methyl sites for hydroxylation is 2. The number of carbonyl (C=O) groups excluding carboxylic acids is 5. The van der Waals surface area contributed by atoms with Gasteiger partial charge < -0.3 is 35.4 Å². The van der Waals surface area contributed by atoms with Gasteiger partial charge in [0.2, 0.25) is 0 Å². The molecule has 3 amide bonds. The molecule has 3 atom stereocenters. The zero-order valence-corrected chi connectivity index (χ0v) is 36.6. The molecule has 0 saturated carbocycles. The third-order valence-corrected chi connectivity index (χ3v) is 12.2. The van der Waals surface area contributed by atoms with Crippen LogP contribution in [0.25, 0.3) is 44.1 Å². The van der Waals surface area contributed by atoms with Gasteiger partial charge in [-0.3, -0.25) is 24.5 Å². The number of imide groups is 1. The van der Waals surface area contributed by atoms with Crippen molar-refractivity contribution in [2.24, 2.45) is 18.5 Å². The number of hydrogen-bond donors (Lipinski definition) is 4. The van der Waals surface area contributed by atoms with Crippen molar-refractivity contribution in [2.45, 2.75) is 82.6 Å². The summed E-state index contributed by atoms with van der Waals surface area (Å²) in [5.41, 5.74) is 20.3.